The SMILES string of the molecule is Cc1cc(N2CCCC(NC(=O)OC(C)(C)C)C2)c([N+](=O)[O-])cn1. The first-order chi connectivity index (χ1) is 11.2. The Morgan fingerprint density at radius 3 is 2.83 bits per heavy atom. The van der Waals surface area contributed by atoms with Gasteiger partial charge in [0, 0.05) is 24.8 Å². The molecule has 1 saturated heterocycles. The number of ether oxygens (including phenoxy) is 1. The lowest BCUT2D eigenvalue weighted by Crippen LogP contribution is -2.49. The average molecular weight is 336 g/mol. The Morgan fingerprint density at radius 1 is 1.50 bits per heavy atom. The van der Waals surface area contributed by atoms with E-state index in [0.717, 1.165) is 18.5 Å². The van der Waals surface area contributed by atoms with Crippen molar-refractivity contribution < 1.29 is 14.5 Å². The Hall–Kier alpha value is -2.38. The van der Waals surface area contributed by atoms with Gasteiger partial charge in [0.15, 0.2) is 0 Å². The molecular weight excluding hydrogens is 312 g/mol. The monoisotopic (exact) mass is 336 g/mol. The summed E-state index contributed by atoms with van der Waals surface area (Å²) >= 11 is 0. The van der Waals surface area contributed by atoms with Gasteiger partial charge >= 0.3 is 11.8 Å². The van der Waals surface area contributed by atoms with E-state index in [0.29, 0.717) is 18.8 Å². The molecule has 1 atom stereocenters. The molecule has 1 aliphatic rings. The summed E-state index contributed by atoms with van der Waals surface area (Å²) in [6, 6.07) is 1.61. The lowest BCUT2D eigenvalue weighted by molar-refractivity contribution is -0.384. The zero-order valence-electron chi connectivity index (χ0n) is 14.5. The van der Waals surface area contributed by atoms with Crippen LogP contribution in [0.3, 0.4) is 0 Å². The number of rotatable bonds is 3. The molecule has 1 aromatic heterocycles. The third-order valence-corrected chi connectivity index (χ3v) is 3.68. The third kappa shape index (κ3) is 4.81. The standard InChI is InChI=1S/C16H24N4O4/c1-11-8-13(14(9-17-11)20(22)23)19-7-5-6-12(10-19)18-15(21)24-16(2,3)4/h8-9,12H,5-7,10H2,1-4H3,(H,18,21). The van der Waals surface area contributed by atoms with Crippen LogP contribution < -0.4 is 10.2 Å². The zero-order valence-corrected chi connectivity index (χ0v) is 14.5. The van der Waals surface area contributed by atoms with Gasteiger partial charge in [0.1, 0.15) is 17.5 Å². The predicted octanol–water partition coefficient (Wildman–Crippen LogP) is 2.79. The van der Waals surface area contributed by atoms with Crippen LogP contribution in [-0.4, -0.2) is 40.7 Å². The van der Waals surface area contributed by atoms with E-state index >= 15 is 0 Å². The molecule has 1 unspecified atom stereocenters. The molecule has 1 aromatic rings. The molecule has 2 rings (SSSR count). The summed E-state index contributed by atoms with van der Waals surface area (Å²) in [5, 5.41) is 14.1. The van der Waals surface area contributed by atoms with Gasteiger partial charge in [-0.2, -0.15) is 0 Å². The minimum Gasteiger partial charge on any atom is -0.444 e. The summed E-state index contributed by atoms with van der Waals surface area (Å²) < 4.78 is 5.28. The lowest BCUT2D eigenvalue weighted by Gasteiger charge is -2.34. The van der Waals surface area contributed by atoms with Crippen LogP contribution >= 0.6 is 0 Å². The van der Waals surface area contributed by atoms with Crippen LogP contribution in [0.5, 0.6) is 0 Å². The van der Waals surface area contributed by atoms with Gasteiger partial charge in [-0.15, -0.1) is 0 Å². The predicted molar refractivity (Wildman–Crippen MR) is 90.2 cm³/mol. The first-order valence-electron chi connectivity index (χ1n) is 8.01. The number of alkyl carbamates (subject to hydrolysis) is 1. The minimum absolute atomic E-state index is 0.0153. The lowest BCUT2D eigenvalue weighted by atomic mass is 10.0. The number of nitrogens with one attached hydrogen (secondary N) is 1. The van der Waals surface area contributed by atoms with E-state index in [1.165, 1.54) is 6.20 Å². The van der Waals surface area contributed by atoms with E-state index in [1.807, 2.05) is 25.7 Å². The maximum absolute atomic E-state index is 11.9. The summed E-state index contributed by atoms with van der Waals surface area (Å²) in [6.45, 7) is 8.43. The first kappa shape index (κ1) is 18.0. The average Bonchev–Trinajstić information content (AvgIpc) is 2.45. The second-order valence-electron chi connectivity index (χ2n) is 7.00. The molecule has 1 N–H and O–H groups in total. The van der Waals surface area contributed by atoms with Gasteiger partial charge in [-0.05, 0) is 46.6 Å². The Kier molecular flexibility index (Phi) is 5.26. The van der Waals surface area contributed by atoms with E-state index in [4.69, 9.17) is 4.74 Å². The number of carbonyl (C=O) groups is 1. The van der Waals surface area contributed by atoms with Crippen molar-refractivity contribution >= 4 is 17.5 Å². The molecule has 8 heteroatoms. The van der Waals surface area contributed by atoms with E-state index in [1.54, 1.807) is 13.0 Å². The highest BCUT2D eigenvalue weighted by atomic mass is 16.6. The van der Waals surface area contributed by atoms with Crippen LogP contribution in [-0.2, 0) is 4.74 Å². The molecule has 0 radical (unpaired) electrons. The number of carbonyl (C=O) groups excluding carboxylic acids is 1. The molecule has 132 valence electrons. The van der Waals surface area contributed by atoms with Crippen molar-refractivity contribution in [2.45, 2.75) is 52.2 Å². The Morgan fingerprint density at radius 2 is 2.21 bits per heavy atom. The van der Waals surface area contributed by atoms with Crippen molar-refractivity contribution in [2.24, 2.45) is 0 Å². The number of hydrogen-bond acceptors (Lipinski definition) is 6. The van der Waals surface area contributed by atoms with Gasteiger partial charge in [-0.3, -0.25) is 15.1 Å². The summed E-state index contributed by atoms with van der Waals surface area (Å²) in [5.41, 5.74) is 0.693. The van der Waals surface area contributed by atoms with Crippen molar-refractivity contribution in [3.8, 4) is 0 Å². The summed E-state index contributed by atoms with van der Waals surface area (Å²) in [7, 11) is 0. The number of nitrogens with zero attached hydrogens (tertiary/aromatic N) is 3. The van der Waals surface area contributed by atoms with Crippen LogP contribution in [0.1, 0.15) is 39.3 Å². The second kappa shape index (κ2) is 7.02. The molecule has 0 spiro atoms. The number of anilines is 1. The van der Waals surface area contributed by atoms with Gasteiger partial charge in [0.2, 0.25) is 0 Å². The zero-order chi connectivity index (χ0) is 17.9. The molecule has 0 bridgehead atoms. The summed E-state index contributed by atoms with van der Waals surface area (Å²) in [6.07, 6.45) is 2.47. The topological polar surface area (TPSA) is 97.6 Å². The Bertz CT molecular complexity index is 627. The molecule has 1 amide bonds. The smallest absolute Gasteiger partial charge is 0.407 e. The van der Waals surface area contributed by atoms with Crippen LogP contribution in [0.2, 0.25) is 0 Å². The fourth-order valence-corrected chi connectivity index (χ4v) is 2.72. The minimum atomic E-state index is -0.556. The fraction of sp³-hybridized carbons (Fsp3) is 0.625. The third-order valence-electron chi connectivity index (χ3n) is 3.68. The van der Waals surface area contributed by atoms with Gasteiger partial charge in [0.05, 0.1) is 4.92 Å². The van der Waals surface area contributed by atoms with E-state index in [-0.39, 0.29) is 11.7 Å². The van der Waals surface area contributed by atoms with Crippen LogP contribution in [0.25, 0.3) is 0 Å². The summed E-state index contributed by atoms with van der Waals surface area (Å²) in [4.78, 5) is 28.7. The van der Waals surface area contributed by atoms with E-state index in [9.17, 15) is 14.9 Å². The molecule has 1 fully saturated rings. The molecule has 0 aliphatic carbocycles. The Balaban J connectivity index is 2.10. The van der Waals surface area contributed by atoms with Gasteiger partial charge in [0.25, 0.3) is 0 Å². The number of nitro groups is 1. The van der Waals surface area contributed by atoms with E-state index in [2.05, 4.69) is 10.3 Å². The molecular formula is C16H24N4O4. The first-order valence-corrected chi connectivity index (χ1v) is 8.01. The Labute approximate surface area is 141 Å². The largest absolute Gasteiger partial charge is 0.444 e. The molecule has 24 heavy (non-hydrogen) atoms. The fourth-order valence-electron chi connectivity index (χ4n) is 2.72. The van der Waals surface area contributed by atoms with Crippen molar-refractivity contribution in [2.75, 3.05) is 18.0 Å². The molecule has 0 aromatic carbocycles. The number of pyridine rings is 1. The van der Waals surface area contributed by atoms with Gasteiger partial charge in [-0.1, -0.05) is 0 Å². The highest BCUT2D eigenvalue weighted by Gasteiger charge is 2.28. The molecule has 8 nitrogen and oxygen atoms in total. The number of amides is 1. The maximum atomic E-state index is 11.9. The van der Waals surface area contributed by atoms with Crippen molar-refractivity contribution in [1.82, 2.24) is 10.3 Å². The van der Waals surface area contributed by atoms with Crippen molar-refractivity contribution in [3.05, 3.63) is 28.1 Å². The highest BCUT2D eigenvalue weighted by Crippen LogP contribution is 2.30. The van der Waals surface area contributed by atoms with Crippen molar-refractivity contribution in [3.63, 3.8) is 0 Å². The molecule has 2 heterocycles. The highest BCUT2D eigenvalue weighted by molar-refractivity contribution is 5.68. The number of aryl methyl sites for hydroxylation is 1. The van der Waals surface area contributed by atoms with E-state index < -0.39 is 16.6 Å². The normalized spacial score (nSPS) is 18.2. The number of piperidine rings is 1. The van der Waals surface area contributed by atoms with Crippen LogP contribution in [0.15, 0.2) is 12.3 Å². The van der Waals surface area contributed by atoms with Crippen LogP contribution in [0.4, 0.5) is 16.2 Å². The second-order valence-corrected chi connectivity index (χ2v) is 7.00. The number of aromatic nitrogens is 1. The quantitative estimate of drug-likeness (QED) is 0.673. The van der Waals surface area contributed by atoms with Gasteiger partial charge < -0.3 is 15.0 Å². The van der Waals surface area contributed by atoms with Crippen molar-refractivity contribution in [1.29, 1.82) is 0 Å². The van der Waals surface area contributed by atoms with Crippen LogP contribution in [0, 0.1) is 17.0 Å². The van der Waals surface area contributed by atoms with Gasteiger partial charge in [-0.25, -0.2) is 4.79 Å². The molecule has 0 saturated carbocycles. The molecule has 1 aliphatic heterocycles. The number of hydrogen-bond donors (Lipinski definition) is 1. The summed E-state index contributed by atoms with van der Waals surface area (Å²) in [5.74, 6) is 0. The maximum Gasteiger partial charge on any atom is 0.407 e.